The highest BCUT2D eigenvalue weighted by Gasteiger charge is 2.18. The minimum Gasteiger partial charge on any atom is -0.399 e. The van der Waals surface area contributed by atoms with Crippen molar-refractivity contribution in [2.75, 3.05) is 10.5 Å². The van der Waals surface area contributed by atoms with Crippen LogP contribution in [0.3, 0.4) is 0 Å². The number of aromatic amines is 1. The van der Waals surface area contributed by atoms with Crippen LogP contribution in [0.5, 0.6) is 0 Å². The van der Waals surface area contributed by atoms with Crippen molar-refractivity contribution in [3.05, 3.63) is 35.0 Å². The third-order valence-corrected chi connectivity index (χ3v) is 4.19. The Morgan fingerprint density at radius 1 is 1.21 bits per heavy atom. The summed E-state index contributed by atoms with van der Waals surface area (Å²) in [6.45, 7) is 5.41. The Kier molecular flexibility index (Phi) is 3.23. The fraction of sp³-hybridized carbons (Fsp3) is 0.250. The van der Waals surface area contributed by atoms with E-state index < -0.39 is 10.0 Å². The summed E-state index contributed by atoms with van der Waals surface area (Å²) in [4.78, 5) is 0.130. The maximum absolute atomic E-state index is 12.2. The van der Waals surface area contributed by atoms with E-state index in [1.165, 1.54) is 6.07 Å². The van der Waals surface area contributed by atoms with Gasteiger partial charge in [-0.05, 0) is 44.5 Å². The molecular formula is C12H16N4O2S. The summed E-state index contributed by atoms with van der Waals surface area (Å²) < 4.78 is 26.9. The maximum atomic E-state index is 12.2. The molecule has 0 radical (unpaired) electrons. The average Bonchev–Trinajstić information content (AvgIpc) is 2.59. The van der Waals surface area contributed by atoms with E-state index >= 15 is 0 Å². The lowest BCUT2D eigenvalue weighted by atomic mass is 10.2. The molecule has 6 nitrogen and oxygen atoms in total. The largest absolute Gasteiger partial charge is 0.399 e. The molecule has 1 aromatic carbocycles. The van der Waals surface area contributed by atoms with Crippen molar-refractivity contribution in [1.82, 2.24) is 10.2 Å². The van der Waals surface area contributed by atoms with Gasteiger partial charge in [0.15, 0.2) is 5.82 Å². The highest BCUT2D eigenvalue weighted by Crippen LogP contribution is 2.21. The molecule has 1 aromatic heterocycles. The number of rotatable bonds is 3. The summed E-state index contributed by atoms with van der Waals surface area (Å²) >= 11 is 0. The van der Waals surface area contributed by atoms with E-state index in [1.807, 2.05) is 6.92 Å². The monoisotopic (exact) mass is 280 g/mol. The molecular weight excluding hydrogens is 264 g/mol. The predicted octanol–water partition coefficient (Wildman–Crippen LogP) is 1.72. The van der Waals surface area contributed by atoms with E-state index in [0.717, 1.165) is 16.8 Å². The van der Waals surface area contributed by atoms with Gasteiger partial charge in [-0.2, -0.15) is 5.10 Å². The molecule has 1 heterocycles. The SMILES string of the molecule is Cc1cc(N)cc(S(=O)(=O)Nc2n[nH]c(C)c2C)c1. The fourth-order valence-corrected chi connectivity index (χ4v) is 2.91. The van der Waals surface area contributed by atoms with Gasteiger partial charge in [-0.25, -0.2) is 8.42 Å². The van der Waals surface area contributed by atoms with Crippen LogP contribution in [0.25, 0.3) is 0 Å². The van der Waals surface area contributed by atoms with Crippen molar-refractivity contribution in [2.45, 2.75) is 25.7 Å². The van der Waals surface area contributed by atoms with Gasteiger partial charge in [0, 0.05) is 16.9 Å². The molecule has 0 unspecified atom stereocenters. The zero-order valence-corrected chi connectivity index (χ0v) is 11.8. The van der Waals surface area contributed by atoms with Crippen LogP contribution >= 0.6 is 0 Å². The number of nitrogens with two attached hydrogens (primary N) is 1. The van der Waals surface area contributed by atoms with Gasteiger partial charge < -0.3 is 5.73 Å². The molecule has 0 atom stereocenters. The number of benzene rings is 1. The van der Waals surface area contributed by atoms with E-state index in [1.54, 1.807) is 26.0 Å². The second-order valence-electron chi connectivity index (χ2n) is 4.51. The predicted molar refractivity (Wildman–Crippen MR) is 74.5 cm³/mol. The number of sulfonamides is 1. The highest BCUT2D eigenvalue weighted by molar-refractivity contribution is 7.92. The molecule has 0 fully saturated rings. The third-order valence-electron chi connectivity index (χ3n) is 2.87. The van der Waals surface area contributed by atoms with Crippen molar-refractivity contribution in [3.63, 3.8) is 0 Å². The summed E-state index contributed by atoms with van der Waals surface area (Å²) in [7, 11) is -3.68. The normalized spacial score (nSPS) is 11.5. The lowest BCUT2D eigenvalue weighted by molar-refractivity contribution is 0.601. The molecule has 2 rings (SSSR count). The van der Waals surface area contributed by atoms with E-state index in [9.17, 15) is 8.42 Å². The van der Waals surface area contributed by atoms with Crippen LogP contribution in [-0.2, 0) is 10.0 Å². The molecule has 0 bridgehead atoms. The molecule has 7 heteroatoms. The van der Waals surface area contributed by atoms with Crippen molar-refractivity contribution in [1.29, 1.82) is 0 Å². The lowest BCUT2D eigenvalue weighted by Gasteiger charge is -2.08. The first kappa shape index (κ1) is 13.4. The Bertz CT molecular complexity index is 699. The number of nitrogens with one attached hydrogen (secondary N) is 2. The van der Waals surface area contributed by atoms with Crippen molar-refractivity contribution >= 4 is 21.5 Å². The highest BCUT2D eigenvalue weighted by atomic mass is 32.2. The smallest absolute Gasteiger partial charge is 0.263 e. The summed E-state index contributed by atoms with van der Waals surface area (Å²) in [6, 6.07) is 4.70. The molecule has 4 N–H and O–H groups in total. The Morgan fingerprint density at radius 2 is 1.89 bits per heavy atom. The molecule has 0 amide bonds. The minimum atomic E-state index is -3.68. The topological polar surface area (TPSA) is 101 Å². The average molecular weight is 280 g/mol. The van der Waals surface area contributed by atoms with Gasteiger partial charge in [0.2, 0.25) is 0 Å². The molecule has 0 aliphatic heterocycles. The van der Waals surface area contributed by atoms with Crippen LogP contribution in [0.15, 0.2) is 23.1 Å². The molecule has 19 heavy (non-hydrogen) atoms. The van der Waals surface area contributed by atoms with Gasteiger partial charge >= 0.3 is 0 Å². The second-order valence-corrected chi connectivity index (χ2v) is 6.19. The number of anilines is 2. The summed E-state index contributed by atoms with van der Waals surface area (Å²) in [5.41, 5.74) is 8.46. The molecule has 0 spiro atoms. The number of aromatic nitrogens is 2. The Balaban J connectivity index is 2.40. The molecule has 0 saturated heterocycles. The number of aryl methyl sites for hydroxylation is 2. The van der Waals surface area contributed by atoms with Crippen molar-refractivity contribution < 1.29 is 8.42 Å². The summed E-state index contributed by atoms with van der Waals surface area (Å²) in [5, 5.41) is 6.66. The zero-order chi connectivity index (χ0) is 14.2. The number of H-pyrrole nitrogens is 1. The molecule has 0 aliphatic rings. The molecule has 0 aliphatic carbocycles. The van der Waals surface area contributed by atoms with Crippen LogP contribution in [0.2, 0.25) is 0 Å². The van der Waals surface area contributed by atoms with Crippen LogP contribution < -0.4 is 10.5 Å². The van der Waals surface area contributed by atoms with Gasteiger partial charge in [-0.15, -0.1) is 0 Å². The maximum Gasteiger partial charge on any atom is 0.263 e. The summed E-state index contributed by atoms with van der Waals surface area (Å²) in [5.74, 6) is 0.303. The first-order valence-electron chi connectivity index (χ1n) is 5.71. The molecule has 102 valence electrons. The fourth-order valence-electron chi connectivity index (χ4n) is 1.70. The van der Waals surface area contributed by atoms with Crippen molar-refractivity contribution in [2.24, 2.45) is 0 Å². The first-order chi connectivity index (χ1) is 8.79. The Hall–Kier alpha value is -2.02. The number of hydrogen-bond donors (Lipinski definition) is 3. The van der Waals surface area contributed by atoms with Crippen LogP contribution in [0.1, 0.15) is 16.8 Å². The Morgan fingerprint density at radius 3 is 2.42 bits per heavy atom. The first-order valence-corrected chi connectivity index (χ1v) is 7.19. The molecule has 0 saturated carbocycles. The lowest BCUT2D eigenvalue weighted by Crippen LogP contribution is -2.14. The van der Waals surface area contributed by atoms with Gasteiger partial charge in [-0.1, -0.05) is 0 Å². The van der Waals surface area contributed by atoms with Crippen LogP contribution in [0, 0.1) is 20.8 Å². The molecule has 2 aromatic rings. The summed E-state index contributed by atoms with van der Waals surface area (Å²) in [6.07, 6.45) is 0. The van der Waals surface area contributed by atoms with E-state index in [4.69, 9.17) is 5.73 Å². The Labute approximate surface area is 112 Å². The third kappa shape index (κ3) is 2.70. The number of hydrogen-bond acceptors (Lipinski definition) is 4. The van der Waals surface area contributed by atoms with Crippen LogP contribution in [0.4, 0.5) is 11.5 Å². The van der Waals surface area contributed by atoms with Gasteiger partial charge in [0.25, 0.3) is 10.0 Å². The van der Waals surface area contributed by atoms with Crippen LogP contribution in [-0.4, -0.2) is 18.6 Å². The number of nitrogens with zero attached hydrogens (tertiary/aromatic N) is 1. The van der Waals surface area contributed by atoms with Gasteiger partial charge in [-0.3, -0.25) is 9.82 Å². The van der Waals surface area contributed by atoms with Gasteiger partial charge in [0.1, 0.15) is 0 Å². The standard InChI is InChI=1S/C12H16N4O2S/c1-7-4-10(13)6-11(5-7)19(17,18)16-12-8(2)9(3)14-15-12/h4-6H,13H2,1-3H3,(H2,14,15,16). The van der Waals surface area contributed by atoms with E-state index in [0.29, 0.717) is 11.5 Å². The van der Waals surface area contributed by atoms with E-state index in [2.05, 4.69) is 14.9 Å². The van der Waals surface area contributed by atoms with E-state index in [-0.39, 0.29) is 4.90 Å². The number of nitrogen functional groups attached to an aromatic ring is 1. The van der Waals surface area contributed by atoms with Gasteiger partial charge in [0.05, 0.1) is 4.90 Å². The quantitative estimate of drug-likeness (QED) is 0.745. The van der Waals surface area contributed by atoms with Crippen molar-refractivity contribution in [3.8, 4) is 0 Å². The second kappa shape index (κ2) is 4.58. The zero-order valence-electron chi connectivity index (χ0n) is 11.0. The minimum absolute atomic E-state index is 0.130.